The van der Waals surface area contributed by atoms with Crippen molar-refractivity contribution in [1.82, 2.24) is 0 Å². The molecule has 0 saturated heterocycles. The van der Waals surface area contributed by atoms with Crippen LogP contribution in [0, 0.1) is 18.3 Å². The van der Waals surface area contributed by atoms with Crippen LogP contribution in [0.15, 0.2) is 63.1 Å². The molecule has 4 nitrogen and oxygen atoms in total. The van der Waals surface area contributed by atoms with Gasteiger partial charge in [0.1, 0.15) is 17.4 Å². The van der Waals surface area contributed by atoms with Gasteiger partial charge in [-0.15, -0.1) is 0 Å². The zero-order valence-electron chi connectivity index (χ0n) is 12.7. The van der Waals surface area contributed by atoms with Crippen LogP contribution in [0.4, 0.5) is 0 Å². The van der Waals surface area contributed by atoms with Crippen molar-refractivity contribution in [3.63, 3.8) is 0 Å². The molecule has 0 radical (unpaired) electrons. The van der Waals surface area contributed by atoms with Gasteiger partial charge in [0.05, 0.1) is 5.57 Å². The first-order valence-corrected chi connectivity index (χ1v) is 8.19. The summed E-state index contributed by atoms with van der Waals surface area (Å²) in [5.41, 5.74) is 3.57. The van der Waals surface area contributed by atoms with Crippen LogP contribution < -0.4 is 4.74 Å². The zero-order valence-corrected chi connectivity index (χ0v) is 14.3. The normalized spacial score (nSPS) is 18.5. The fourth-order valence-electron chi connectivity index (χ4n) is 3.14. The summed E-state index contributed by atoms with van der Waals surface area (Å²) >= 11 is 3.49. The Morgan fingerprint density at radius 2 is 2.08 bits per heavy atom. The molecule has 2 heterocycles. The summed E-state index contributed by atoms with van der Waals surface area (Å²) in [6.45, 7) is 1.98. The number of nitrogens with zero attached hydrogens (tertiary/aromatic N) is 2. The lowest BCUT2D eigenvalue weighted by Gasteiger charge is -2.28. The highest BCUT2D eigenvalue weighted by Crippen LogP contribution is 2.45. The van der Waals surface area contributed by atoms with Crippen LogP contribution in [0.25, 0.3) is 0 Å². The third-order valence-corrected chi connectivity index (χ3v) is 4.68. The minimum Gasteiger partial charge on any atom is -0.438 e. The molecule has 4 rings (SSSR count). The van der Waals surface area contributed by atoms with Gasteiger partial charge in [-0.3, -0.25) is 4.79 Å². The van der Waals surface area contributed by atoms with Crippen LogP contribution in [0.1, 0.15) is 22.6 Å². The van der Waals surface area contributed by atoms with Gasteiger partial charge in [-0.1, -0.05) is 40.2 Å². The molecule has 0 spiro atoms. The van der Waals surface area contributed by atoms with Gasteiger partial charge in [0.15, 0.2) is 0 Å². The number of amides is 1. The van der Waals surface area contributed by atoms with E-state index in [9.17, 15) is 10.1 Å². The SMILES string of the molecule is Cc1ccc2c(c1)OC1=NC(=O)C(C#N)=C1C2c1cccc(Br)c1. The van der Waals surface area contributed by atoms with Gasteiger partial charge < -0.3 is 4.74 Å². The zero-order chi connectivity index (χ0) is 16.8. The van der Waals surface area contributed by atoms with Crippen LogP contribution in [0.3, 0.4) is 0 Å². The standard InChI is InChI=1S/C19H11BrN2O2/c1-10-5-6-13-15(7-10)24-19-17(14(9-21)18(23)22-19)16(13)11-3-2-4-12(20)8-11/h2-8,16H,1H3. The summed E-state index contributed by atoms with van der Waals surface area (Å²) in [4.78, 5) is 16.0. The van der Waals surface area contributed by atoms with Crippen LogP contribution >= 0.6 is 15.9 Å². The molecule has 0 saturated carbocycles. The highest BCUT2D eigenvalue weighted by Gasteiger charge is 2.40. The van der Waals surface area contributed by atoms with E-state index in [0.717, 1.165) is 21.2 Å². The van der Waals surface area contributed by atoms with Crippen molar-refractivity contribution in [1.29, 1.82) is 5.26 Å². The summed E-state index contributed by atoms with van der Waals surface area (Å²) < 4.78 is 6.76. The number of carbonyl (C=O) groups excluding carboxylic acids is 1. The number of aliphatic imine (C=N–C) groups is 1. The maximum atomic E-state index is 12.1. The molecule has 0 bridgehead atoms. The largest absolute Gasteiger partial charge is 0.438 e. The van der Waals surface area contributed by atoms with Crippen LogP contribution in [-0.4, -0.2) is 11.8 Å². The molecule has 2 aromatic carbocycles. The third-order valence-electron chi connectivity index (χ3n) is 4.19. The first kappa shape index (κ1) is 14.9. The Labute approximate surface area is 147 Å². The van der Waals surface area contributed by atoms with E-state index in [0.29, 0.717) is 11.3 Å². The molecule has 1 unspecified atom stereocenters. The first-order chi connectivity index (χ1) is 11.6. The van der Waals surface area contributed by atoms with E-state index < -0.39 is 5.91 Å². The van der Waals surface area contributed by atoms with E-state index in [-0.39, 0.29) is 17.4 Å². The number of halogens is 1. The Kier molecular flexibility index (Phi) is 3.36. The highest BCUT2D eigenvalue weighted by atomic mass is 79.9. The molecule has 2 aliphatic rings. The minimum atomic E-state index is -0.535. The number of hydrogen-bond acceptors (Lipinski definition) is 3. The van der Waals surface area contributed by atoms with E-state index in [2.05, 4.69) is 20.9 Å². The number of aryl methyl sites for hydroxylation is 1. The van der Waals surface area contributed by atoms with E-state index in [4.69, 9.17) is 4.74 Å². The molecule has 0 fully saturated rings. The van der Waals surface area contributed by atoms with Crippen molar-refractivity contribution < 1.29 is 9.53 Å². The van der Waals surface area contributed by atoms with Crippen molar-refractivity contribution in [2.75, 3.05) is 0 Å². The summed E-state index contributed by atoms with van der Waals surface area (Å²) in [7, 11) is 0. The Bertz CT molecular complexity index is 999. The van der Waals surface area contributed by atoms with Gasteiger partial charge in [-0.25, -0.2) is 0 Å². The lowest BCUT2D eigenvalue weighted by Crippen LogP contribution is -2.24. The fraction of sp³-hybridized carbons (Fsp3) is 0.105. The van der Waals surface area contributed by atoms with Crippen LogP contribution in [0.2, 0.25) is 0 Å². The molecular formula is C19H11BrN2O2. The fourth-order valence-corrected chi connectivity index (χ4v) is 3.56. The van der Waals surface area contributed by atoms with Crippen molar-refractivity contribution in [2.24, 2.45) is 4.99 Å². The quantitative estimate of drug-likeness (QED) is 0.751. The van der Waals surface area contributed by atoms with Gasteiger partial charge in [-0.05, 0) is 36.2 Å². The summed E-state index contributed by atoms with van der Waals surface area (Å²) in [5.74, 6) is 0.118. The summed E-state index contributed by atoms with van der Waals surface area (Å²) in [5, 5.41) is 9.42. The molecular weight excluding hydrogens is 368 g/mol. The number of hydrogen-bond donors (Lipinski definition) is 0. The summed E-state index contributed by atoms with van der Waals surface area (Å²) in [6.07, 6.45) is 0. The second kappa shape index (κ2) is 5.43. The van der Waals surface area contributed by atoms with E-state index >= 15 is 0 Å². The van der Waals surface area contributed by atoms with Gasteiger partial charge >= 0.3 is 0 Å². The molecule has 5 heteroatoms. The molecule has 2 aliphatic heterocycles. The second-order valence-corrected chi connectivity index (χ2v) is 6.67. The van der Waals surface area contributed by atoms with Crippen molar-refractivity contribution in [3.8, 4) is 11.8 Å². The Morgan fingerprint density at radius 3 is 2.83 bits per heavy atom. The average molecular weight is 379 g/mol. The molecule has 0 N–H and O–H groups in total. The molecule has 1 amide bonds. The Hall–Kier alpha value is -2.71. The monoisotopic (exact) mass is 378 g/mol. The highest BCUT2D eigenvalue weighted by molar-refractivity contribution is 9.10. The number of rotatable bonds is 1. The second-order valence-electron chi connectivity index (χ2n) is 5.75. The number of benzene rings is 2. The molecule has 0 aromatic heterocycles. The predicted molar refractivity (Wildman–Crippen MR) is 92.9 cm³/mol. The molecule has 24 heavy (non-hydrogen) atoms. The lowest BCUT2D eigenvalue weighted by atomic mass is 9.81. The van der Waals surface area contributed by atoms with E-state index in [1.54, 1.807) is 0 Å². The minimum absolute atomic E-state index is 0.0567. The summed E-state index contributed by atoms with van der Waals surface area (Å²) in [6, 6.07) is 15.7. The number of nitriles is 1. The topological polar surface area (TPSA) is 62.4 Å². The molecule has 2 aromatic rings. The van der Waals surface area contributed by atoms with Crippen LogP contribution in [0.5, 0.6) is 5.75 Å². The maximum Gasteiger partial charge on any atom is 0.291 e. The third kappa shape index (κ3) is 2.19. The van der Waals surface area contributed by atoms with Crippen molar-refractivity contribution >= 4 is 27.7 Å². The van der Waals surface area contributed by atoms with Gasteiger partial charge in [0, 0.05) is 16.0 Å². The number of carbonyl (C=O) groups is 1. The van der Waals surface area contributed by atoms with Gasteiger partial charge in [-0.2, -0.15) is 10.3 Å². The molecule has 0 aliphatic carbocycles. The lowest BCUT2D eigenvalue weighted by molar-refractivity contribution is -0.113. The van der Waals surface area contributed by atoms with E-state index in [1.807, 2.05) is 55.5 Å². The first-order valence-electron chi connectivity index (χ1n) is 7.40. The Balaban J connectivity index is 2.03. The maximum absolute atomic E-state index is 12.1. The Morgan fingerprint density at radius 1 is 1.25 bits per heavy atom. The van der Waals surface area contributed by atoms with Gasteiger partial charge in [0.25, 0.3) is 5.91 Å². The van der Waals surface area contributed by atoms with Crippen molar-refractivity contribution in [2.45, 2.75) is 12.8 Å². The van der Waals surface area contributed by atoms with Crippen molar-refractivity contribution in [3.05, 3.63) is 74.8 Å². The average Bonchev–Trinajstić information content (AvgIpc) is 2.86. The van der Waals surface area contributed by atoms with Crippen LogP contribution in [-0.2, 0) is 4.79 Å². The molecule has 116 valence electrons. The smallest absolute Gasteiger partial charge is 0.291 e. The predicted octanol–water partition coefficient (Wildman–Crippen LogP) is 4.04. The van der Waals surface area contributed by atoms with Gasteiger partial charge in [0.2, 0.25) is 5.90 Å². The number of fused-ring (bicyclic) bond motifs is 2. The van der Waals surface area contributed by atoms with E-state index in [1.165, 1.54) is 0 Å². The number of ether oxygens (including phenoxy) is 1. The molecule has 1 atom stereocenters.